The van der Waals surface area contributed by atoms with E-state index in [1.54, 1.807) is 23.2 Å². The second-order valence-corrected chi connectivity index (χ2v) is 11.5. The summed E-state index contributed by atoms with van der Waals surface area (Å²) in [7, 11) is 0. The summed E-state index contributed by atoms with van der Waals surface area (Å²) >= 11 is 7.33. The first-order chi connectivity index (χ1) is 20.0. The molecule has 1 aliphatic heterocycles. The normalized spacial score (nSPS) is 13.3. The summed E-state index contributed by atoms with van der Waals surface area (Å²) in [6, 6.07) is 30.8. The second kappa shape index (κ2) is 12.0. The van der Waals surface area contributed by atoms with Gasteiger partial charge in [0.2, 0.25) is 0 Å². The van der Waals surface area contributed by atoms with Gasteiger partial charge in [0.05, 0.1) is 27.6 Å². The van der Waals surface area contributed by atoms with E-state index in [9.17, 15) is 9.59 Å². The molecule has 0 saturated carbocycles. The maximum atomic E-state index is 13.7. The molecular formula is C32H28ClN5O2S. The first kappa shape index (κ1) is 26.8. The number of carbonyl (C=O) groups is 2. The number of hydrogen-bond acceptors (Lipinski definition) is 5. The number of H-pyrrole nitrogens is 1. The minimum absolute atomic E-state index is 0.0289. The standard InChI is InChI=1S/C32H28ClN5O2S/c33-29-16-15-28(41-29)32(40)37-19-17-36(18-20-37)26-11-13-27(14-12-26)38(31(39)24-9-5-2-6-10-24)22-25-21-34-30(35-25)23-7-3-1-4-8-23/h1-16,21H,17-20,22H2,(H,34,35). The van der Waals surface area contributed by atoms with Gasteiger partial charge in [0.25, 0.3) is 11.8 Å². The lowest BCUT2D eigenvalue weighted by Crippen LogP contribution is -2.48. The molecule has 9 heteroatoms. The van der Waals surface area contributed by atoms with Crippen LogP contribution in [0.3, 0.4) is 0 Å². The van der Waals surface area contributed by atoms with Crippen LogP contribution < -0.4 is 9.80 Å². The molecule has 1 saturated heterocycles. The van der Waals surface area contributed by atoms with Crippen molar-refractivity contribution >= 4 is 46.1 Å². The van der Waals surface area contributed by atoms with Gasteiger partial charge in [0.1, 0.15) is 5.82 Å². The van der Waals surface area contributed by atoms with Crippen molar-refractivity contribution in [2.24, 2.45) is 0 Å². The number of rotatable bonds is 7. The van der Waals surface area contributed by atoms with Crippen molar-refractivity contribution in [1.82, 2.24) is 14.9 Å². The molecule has 0 bridgehead atoms. The van der Waals surface area contributed by atoms with E-state index in [2.05, 4.69) is 14.9 Å². The highest BCUT2D eigenvalue weighted by atomic mass is 35.5. The Morgan fingerprint density at radius 3 is 2.20 bits per heavy atom. The Labute approximate surface area is 247 Å². The quantitative estimate of drug-likeness (QED) is 0.235. The fraction of sp³-hybridized carbons (Fsp3) is 0.156. The number of halogens is 1. The zero-order valence-corrected chi connectivity index (χ0v) is 23.8. The van der Waals surface area contributed by atoms with E-state index in [4.69, 9.17) is 11.6 Å². The maximum Gasteiger partial charge on any atom is 0.264 e. The number of anilines is 2. The third kappa shape index (κ3) is 6.04. The zero-order valence-electron chi connectivity index (χ0n) is 22.2. The number of aromatic amines is 1. The number of nitrogens with one attached hydrogen (secondary N) is 1. The number of piperazine rings is 1. The second-order valence-electron chi connectivity index (χ2n) is 9.78. The van der Waals surface area contributed by atoms with Gasteiger partial charge in [0.15, 0.2) is 0 Å². The van der Waals surface area contributed by atoms with E-state index < -0.39 is 0 Å². The van der Waals surface area contributed by atoms with E-state index in [0.717, 1.165) is 41.5 Å². The van der Waals surface area contributed by atoms with Gasteiger partial charge in [-0.15, -0.1) is 11.3 Å². The molecule has 0 spiro atoms. The van der Waals surface area contributed by atoms with Gasteiger partial charge in [0, 0.05) is 48.7 Å². The highest BCUT2D eigenvalue weighted by Crippen LogP contribution is 2.27. The van der Waals surface area contributed by atoms with Crippen LogP contribution >= 0.6 is 22.9 Å². The molecule has 6 rings (SSSR count). The van der Waals surface area contributed by atoms with Crippen molar-refractivity contribution < 1.29 is 9.59 Å². The molecule has 41 heavy (non-hydrogen) atoms. The third-order valence-electron chi connectivity index (χ3n) is 7.15. The van der Waals surface area contributed by atoms with Crippen molar-refractivity contribution in [1.29, 1.82) is 0 Å². The Kier molecular flexibility index (Phi) is 7.84. The number of carbonyl (C=O) groups excluding carboxylic acids is 2. The molecule has 2 amide bonds. The Balaban J connectivity index is 1.18. The summed E-state index contributed by atoms with van der Waals surface area (Å²) in [5, 5.41) is 0. The van der Waals surface area contributed by atoms with E-state index in [1.807, 2.05) is 89.8 Å². The fourth-order valence-corrected chi connectivity index (χ4v) is 5.98. The van der Waals surface area contributed by atoms with Crippen molar-refractivity contribution in [3.8, 4) is 11.4 Å². The van der Waals surface area contributed by atoms with Gasteiger partial charge < -0.3 is 19.7 Å². The minimum Gasteiger partial charge on any atom is -0.368 e. The Bertz CT molecular complexity index is 1630. The number of aromatic nitrogens is 2. The lowest BCUT2D eigenvalue weighted by atomic mass is 10.1. The van der Waals surface area contributed by atoms with E-state index in [0.29, 0.717) is 34.4 Å². The van der Waals surface area contributed by atoms with Gasteiger partial charge in [-0.1, -0.05) is 60.1 Å². The van der Waals surface area contributed by atoms with E-state index >= 15 is 0 Å². The van der Waals surface area contributed by atoms with Gasteiger partial charge in [-0.05, 0) is 48.5 Å². The Morgan fingerprint density at radius 1 is 0.854 bits per heavy atom. The van der Waals surface area contributed by atoms with Gasteiger partial charge >= 0.3 is 0 Å². The molecule has 0 unspecified atom stereocenters. The van der Waals surface area contributed by atoms with Crippen LogP contribution in [-0.2, 0) is 6.54 Å². The summed E-state index contributed by atoms with van der Waals surface area (Å²) in [5.41, 5.74) is 4.30. The molecule has 206 valence electrons. The van der Waals surface area contributed by atoms with Crippen LogP contribution in [0.25, 0.3) is 11.4 Å². The van der Waals surface area contributed by atoms with Crippen molar-refractivity contribution in [3.05, 3.63) is 124 Å². The number of imidazole rings is 1. The number of amides is 2. The van der Waals surface area contributed by atoms with Crippen LogP contribution in [0.15, 0.2) is 103 Å². The lowest BCUT2D eigenvalue weighted by Gasteiger charge is -2.36. The average molecular weight is 582 g/mol. The highest BCUT2D eigenvalue weighted by molar-refractivity contribution is 7.17. The molecule has 3 heterocycles. The Morgan fingerprint density at radius 2 is 1.54 bits per heavy atom. The van der Waals surface area contributed by atoms with Gasteiger partial charge in [-0.25, -0.2) is 4.98 Å². The molecule has 1 fully saturated rings. The van der Waals surface area contributed by atoms with Crippen LogP contribution in [0.2, 0.25) is 4.34 Å². The number of nitrogens with zero attached hydrogens (tertiary/aromatic N) is 4. The molecule has 2 aromatic heterocycles. The molecule has 5 aromatic rings. The third-order valence-corrected chi connectivity index (χ3v) is 8.37. The molecule has 7 nitrogen and oxygen atoms in total. The first-order valence-electron chi connectivity index (χ1n) is 13.4. The molecule has 0 atom stereocenters. The van der Waals surface area contributed by atoms with Crippen molar-refractivity contribution in [2.45, 2.75) is 6.54 Å². The topological polar surface area (TPSA) is 72.5 Å². The summed E-state index contributed by atoms with van der Waals surface area (Å²) in [5.74, 6) is 0.707. The number of benzene rings is 3. The summed E-state index contributed by atoms with van der Waals surface area (Å²) in [4.78, 5) is 41.0. The minimum atomic E-state index is -0.0879. The van der Waals surface area contributed by atoms with Gasteiger partial charge in [-0.3, -0.25) is 9.59 Å². The predicted octanol–water partition coefficient (Wildman–Crippen LogP) is 6.60. The number of hydrogen-bond donors (Lipinski definition) is 1. The monoisotopic (exact) mass is 581 g/mol. The summed E-state index contributed by atoms with van der Waals surface area (Å²) < 4.78 is 0.621. The smallest absolute Gasteiger partial charge is 0.264 e. The maximum absolute atomic E-state index is 13.7. The van der Waals surface area contributed by atoms with Crippen LogP contribution in [-0.4, -0.2) is 52.9 Å². The lowest BCUT2D eigenvalue weighted by molar-refractivity contribution is 0.0751. The van der Waals surface area contributed by atoms with Gasteiger partial charge in [-0.2, -0.15) is 0 Å². The van der Waals surface area contributed by atoms with Crippen LogP contribution in [0.1, 0.15) is 25.7 Å². The highest BCUT2D eigenvalue weighted by Gasteiger charge is 2.24. The number of thiophene rings is 1. The van der Waals surface area contributed by atoms with Crippen molar-refractivity contribution in [2.75, 3.05) is 36.0 Å². The molecule has 1 N–H and O–H groups in total. The zero-order chi connectivity index (χ0) is 28.2. The molecular weight excluding hydrogens is 554 g/mol. The molecule has 0 radical (unpaired) electrons. The Hall–Kier alpha value is -4.40. The van der Waals surface area contributed by atoms with E-state index in [1.165, 1.54) is 11.3 Å². The predicted molar refractivity (Wildman–Crippen MR) is 165 cm³/mol. The molecule has 0 aliphatic carbocycles. The first-order valence-corrected chi connectivity index (χ1v) is 14.6. The molecule has 1 aliphatic rings. The van der Waals surface area contributed by atoms with Crippen LogP contribution in [0.4, 0.5) is 11.4 Å². The van der Waals surface area contributed by atoms with Crippen LogP contribution in [0.5, 0.6) is 0 Å². The summed E-state index contributed by atoms with van der Waals surface area (Å²) in [6.07, 6.45) is 1.78. The van der Waals surface area contributed by atoms with Crippen LogP contribution in [0, 0.1) is 0 Å². The SMILES string of the molecule is O=C(c1ccc(Cl)s1)N1CCN(c2ccc(N(Cc3cnc(-c4ccccc4)[nH]3)C(=O)c3ccccc3)cc2)CC1. The van der Waals surface area contributed by atoms with Crippen molar-refractivity contribution in [3.63, 3.8) is 0 Å². The average Bonchev–Trinajstić information content (AvgIpc) is 3.69. The molecule has 3 aromatic carbocycles. The fourth-order valence-electron chi connectivity index (χ4n) is 4.97. The summed E-state index contributed by atoms with van der Waals surface area (Å²) in [6.45, 7) is 3.08. The van der Waals surface area contributed by atoms with E-state index in [-0.39, 0.29) is 11.8 Å². The largest absolute Gasteiger partial charge is 0.368 e.